The Kier molecular flexibility index (Phi) is 6.83. The molecule has 1 rings (SSSR count). The Hall–Kier alpha value is -0.920. The number of benzene rings is 1. The van der Waals surface area contributed by atoms with Crippen LogP contribution in [0.3, 0.4) is 0 Å². The minimum absolute atomic E-state index is 0.0406. The number of alkyl halides is 2. The third kappa shape index (κ3) is 5.76. The van der Waals surface area contributed by atoms with Crippen molar-refractivity contribution < 1.29 is 18.3 Å². The lowest BCUT2D eigenvalue weighted by Gasteiger charge is -2.17. The number of rotatable bonds is 6. The maximum absolute atomic E-state index is 12.4. The van der Waals surface area contributed by atoms with Gasteiger partial charge in [0.05, 0.1) is 16.2 Å². The van der Waals surface area contributed by atoms with Gasteiger partial charge in [-0.25, -0.2) is 0 Å². The third-order valence-electron chi connectivity index (χ3n) is 2.54. The lowest BCUT2D eigenvalue weighted by atomic mass is 10.0. The van der Waals surface area contributed by atoms with Crippen molar-refractivity contribution in [3.63, 3.8) is 0 Å². The van der Waals surface area contributed by atoms with Gasteiger partial charge in [-0.15, -0.1) is 0 Å². The quantitative estimate of drug-likeness (QED) is 0.777. The number of hydrogen-bond donors (Lipinski definition) is 2. The van der Waals surface area contributed by atoms with Gasteiger partial charge in [-0.05, 0) is 40.4 Å². The third-order valence-corrected chi connectivity index (χ3v) is 3.34. The van der Waals surface area contributed by atoms with Crippen LogP contribution in [0.15, 0.2) is 16.6 Å². The van der Waals surface area contributed by atoms with Gasteiger partial charge in [-0.3, -0.25) is 4.79 Å². The monoisotopic (exact) mass is 384 g/mol. The Bertz CT molecular complexity index is 515. The van der Waals surface area contributed by atoms with E-state index in [1.807, 2.05) is 13.8 Å². The van der Waals surface area contributed by atoms with E-state index in [-0.39, 0.29) is 26.9 Å². The molecule has 4 nitrogen and oxygen atoms in total. The molecule has 1 aromatic rings. The highest BCUT2D eigenvalue weighted by molar-refractivity contribution is 9.10. The second-order valence-electron chi connectivity index (χ2n) is 4.87. The van der Waals surface area contributed by atoms with E-state index in [1.54, 1.807) is 0 Å². The zero-order valence-corrected chi connectivity index (χ0v) is 13.8. The molecule has 0 aliphatic rings. The summed E-state index contributed by atoms with van der Waals surface area (Å²) in [5, 5.41) is 2.73. The SMILES string of the molecule is CC(C)C[C@H](N)C(=O)Nc1cc(Cl)cc(Br)c1OC(F)F. The highest BCUT2D eigenvalue weighted by Crippen LogP contribution is 2.37. The average molecular weight is 386 g/mol. The van der Waals surface area contributed by atoms with Crippen molar-refractivity contribution in [1.82, 2.24) is 0 Å². The number of carbonyl (C=O) groups excluding carboxylic acids is 1. The summed E-state index contributed by atoms with van der Waals surface area (Å²) in [4.78, 5) is 12.0. The van der Waals surface area contributed by atoms with Gasteiger partial charge in [0, 0.05) is 5.02 Å². The molecule has 1 amide bonds. The smallest absolute Gasteiger partial charge is 0.387 e. The van der Waals surface area contributed by atoms with Crippen LogP contribution in [0.2, 0.25) is 5.02 Å². The molecule has 1 atom stereocenters. The number of ether oxygens (including phenoxy) is 1. The van der Waals surface area contributed by atoms with Gasteiger partial charge in [0.25, 0.3) is 0 Å². The van der Waals surface area contributed by atoms with Crippen LogP contribution in [-0.2, 0) is 4.79 Å². The van der Waals surface area contributed by atoms with E-state index >= 15 is 0 Å². The summed E-state index contributed by atoms with van der Waals surface area (Å²) in [6.07, 6.45) is 0.471. The molecule has 0 saturated heterocycles. The number of nitrogens with two attached hydrogens (primary N) is 1. The van der Waals surface area contributed by atoms with Crippen LogP contribution in [0.1, 0.15) is 20.3 Å². The molecular formula is C13H16BrClF2N2O2. The van der Waals surface area contributed by atoms with Crippen LogP contribution in [0.4, 0.5) is 14.5 Å². The summed E-state index contributed by atoms with van der Waals surface area (Å²) in [6, 6.07) is 1.97. The van der Waals surface area contributed by atoms with E-state index in [4.69, 9.17) is 17.3 Å². The number of amides is 1. The molecule has 21 heavy (non-hydrogen) atoms. The number of halogens is 4. The fourth-order valence-electron chi connectivity index (χ4n) is 1.70. The van der Waals surface area contributed by atoms with E-state index in [2.05, 4.69) is 26.0 Å². The largest absolute Gasteiger partial charge is 0.431 e. The van der Waals surface area contributed by atoms with Crippen molar-refractivity contribution in [2.24, 2.45) is 11.7 Å². The predicted molar refractivity (Wildman–Crippen MR) is 81.8 cm³/mol. The fraction of sp³-hybridized carbons (Fsp3) is 0.462. The van der Waals surface area contributed by atoms with Gasteiger partial charge in [0.15, 0.2) is 5.75 Å². The van der Waals surface area contributed by atoms with Crippen molar-refractivity contribution in [2.45, 2.75) is 32.9 Å². The fourth-order valence-corrected chi connectivity index (χ4v) is 2.61. The molecular weight excluding hydrogens is 370 g/mol. The Morgan fingerprint density at radius 1 is 1.48 bits per heavy atom. The second-order valence-corrected chi connectivity index (χ2v) is 6.16. The summed E-state index contributed by atoms with van der Waals surface area (Å²) < 4.78 is 29.5. The Balaban J connectivity index is 2.98. The van der Waals surface area contributed by atoms with Crippen LogP contribution in [0.25, 0.3) is 0 Å². The Labute approximate surface area is 135 Å². The van der Waals surface area contributed by atoms with Gasteiger partial charge in [0.1, 0.15) is 0 Å². The zero-order valence-electron chi connectivity index (χ0n) is 11.5. The minimum Gasteiger partial charge on any atom is -0.431 e. The Morgan fingerprint density at radius 2 is 2.10 bits per heavy atom. The molecule has 0 spiro atoms. The lowest BCUT2D eigenvalue weighted by molar-refractivity contribution is -0.117. The molecule has 0 bridgehead atoms. The van der Waals surface area contributed by atoms with Crippen molar-refractivity contribution in [2.75, 3.05) is 5.32 Å². The molecule has 1 aromatic carbocycles. The molecule has 0 heterocycles. The van der Waals surface area contributed by atoms with Crippen molar-refractivity contribution in [1.29, 1.82) is 0 Å². The van der Waals surface area contributed by atoms with Crippen molar-refractivity contribution >= 4 is 39.1 Å². The first-order chi connectivity index (χ1) is 9.70. The Morgan fingerprint density at radius 3 is 2.62 bits per heavy atom. The number of nitrogens with one attached hydrogen (secondary N) is 1. The highest BCUT2D eigenvalue weighted by atomic mass is 79.9. The van der Waals surface area contributed by atoms with Crippen LogP contribution >= 0.6 is 27.5 Å². The van der Waals surface area contributed by atoms with E-state index in [0.29, 0.717) is 6.42 Å². The molecule has 0 aliphatic heterocycles. The first-order valence-electron chi connectivity index (χ1n) is 6.21. The maximum Gasteiger partial charge on any atom is 0.387 e. The summed E-state index contributed by atoms with van der Waals surface area (Å²) in [5.41, 5.74) is 5.79. The molecule has 0 saturated carbocycles. The van der Waals surface area contributed by atoms with E-state index in [9.17, 15) is 13.6 Å². The zero-order chi connectivity index (χ0) is 16.2. The van der Waals surface area contributed by atoms with Gasteiger partial charge in [0.2, 0.25) is 5.91 Å². The number of carbonyl (C=O) groups is 1. The minimum atomic E-state index is -3.03. The summed E-state index contributed by atoms with van der Waals surface area (Å²) in [6.45, 7) is 0.825. The average Bonchev–Trinajstić information content (AvgIpc) is 2.32. The highest BCUT2D eigenvalue weighted by Gasteiger charge is 2.20. The molecule has 0 aromatic heterocycles. The topological polar surface area (TPSA) is 64.4 Å². The molecule has 0 radical (unpaired) electrons. The van der Waals surface area contributed by atoms with Crippen molar-refractivity contribution in [3.05, 3.63) is 21.6 Å². The number of hydrogen-bond acceptors (Lipinski definition) is 3. The molecule has 118 valence electrons. The van der Waals surface area contributed by atoms with Crippen LogP contribution in [-0.4, -0.2) is 18.6 Å². The van der Waals surface area contributed by atoms with Crippen LogP contribution in [0.5, 0.6) is 5.75 Å². The maximum atomic E-state index is 12.4. The summed E-state index contributed by atoms with van der Waals surface area (Å²) >= 11 is 8.92. The van der Waals surface area contributed by atoms with E-state index in [1.165, 1.54) is 12.1 Å². The van der Waals surface area contributed by atoms with Gasteiger partial charge in [-0.2, -0.15) is 8.78 Å². The lowest BCUT2D eigenvalue weighted by Crippen LogP contribution is -2.36. The molecule has 3 N–H and O–H groups in total. The van der Waals surface area contributed by atoms with Gasteiger partial charge < -0.3 is 15.8 Å². The standard InChI is InChI=1S/C13H16BrClF2N2O2/c1-6(2)3-9(18)12(20)19-10-5-7(15)4-8(14)11(10)21-13(16)17/h4-6,9,13H,3,18H2,1-2H3,(H,19,20)/t9-/m0/s1. The molecule has 0 unspecified atom stereocenters. The van der Waals surface area contributed by atoms with E-state index < -0.39 is 18.6 Å². The second kappa shape index (κ2) is 7.91. The normalized spacial score (nSPS) is 12.6. The van der Waals surface area contributed by atoms with Crippen LogP contribution in [0, 0.1) is 5.92 Å². The summed E-state index contributed by atoms with van der Waals surface area (Å²) in [5.74, 6) is -0.454. The van der Waals surface area contributed by atoms with Gasteiger partial charge >= 0.3 is 6.61 Å². The molecule has 8 heteroatoms. The number of anilines is 1. The summed E-state index contributed by atoms with van der Waals surface area (Å²) in [7, 11) is 0. The van der Waals surface area contributed by atoms with Gasteiger partial charge in [-0.1, -0.05) is 25.4 Å². The molecule has 0 aliphatic carbocycles. The van der Waals surface area contributed by atoms with E-state index in [0.717, 1.165) is 0 Å². The molecule has 0 fully saturated rings. The van der Waals surface area contributed by atoms with Crippen LogP contribution < -0.4 is 15.8 Å². The first kappa shape index (κ1) is 18.1. The predicted octanol–water partition coefficient (Wildman–Crippen LogP) is 4.02. The first-order valence-corrected chi connectivity index (χ1v) is 7.38. The van der Waals surface area contributed by atoms with Crippen molar-refractivity contribution in [3.8, 4) is 5.75 Å².